The number of nitrogens with one attached hydrogen (secondary N) is 1. The van der Waals surface area contributed by atoms with Gasteiger partial charge in [-0.15, -0.1) is 11.3 Å². The highest BCUT2D eigenvalue weighted by Gasteiger charge is 2.05. The fraction of sp³-hybridized carbons (Fsp3) is 0.111. The van der Waals surface area contributed by atoms with Crippen LogP contribution >= 0.6 is 22.9 Å². The van der Waals surface area contributed by atoms with Gasteiger partial charge in [-0.1, -0.05) is 23.7 Å². The van der Waals surface area contributed by atoms with Crippen molar-refractivity contribution in [2.24, 2.45) is 12.0 Å². The van der Waals surface area contributed by atoms with Gasteiger partial charge in [-0.05, 0) is 42.0 Å². The second kappa shape index (κ2) is 7.03. The number of carbonyl (C=O) groups excluding carboxylic acids is 1. The highest BCUT2D eigenvalue weighted by molar-refractivity contribution is 7.07. The summed E-state index contributed by atoms with van der Waals surface area (Å²) in [4.78, 5) is 16.6. The van der Waals surface area contributed by atoms with Gasteiger partial charge in [-0.2, -0.15) is 0 Å². The Labute approximate surface area is 149 Å². The first-order chi connectivity index (χ1) is 11.5. The highest BCUT2D eigenvalue weighted by Crippen LogP contribution is 2.22. The molecule has 1 N–H and O–H groups in total. The average Bonchev–Trinajstić information content (AvgIpc) is 2.91. The Morgan fingerprint density at radius 1 is 1.12 bits per heavy atom. The van der Waals surface area contributed by atoms with E-state index < -0.39 is 0 Å². The molecule has 0 aliphatic heterocycles. The summed E-state index contributed by atoms with van der Waals surface area (Å²) in [5, 5.41) is 5.54. The first-order valence-electron chi connectivity index (χ1n) is 7.36. The molecule has 4 nitrogen and oxygen atoms in total. The van der Waals surface area contributed by atoms with Crippen molar-refractivity contribution < 1.29 is 4.79 Å². The molecular formula is C18H16ClN3OS. The Kier molecular flexibility index (Phi) is 4.83. The summed E-state index contributed by atoms with van der Waals surface area (Å²) in [6.45, 7) is 1.49. The van der Waals surface area contributed by atoms with Crippen molar-refractivity contribution in [2.45, 2.75) is 6.92 Å². The molecule has 0 saturated carbocycles. The van der Waals surface area contributed by atoms with Gasteiger partial charge < -0.3 is 9.88 Å². The second-order valence-corrected chi connectivity index (χ2v) is 6.58. The van der Waals surface area contributed by atoms with Gasteiger partial charge in [0.1, 0.15) is 0 Å². The Morgan fingerprint density at radius 3 is 2.42 bits per heavy atom. The molecule has 0 aliphatic carbocycles. The molecule has 122 valence electrons. The number of halogens is 1. The number of anilines is 1. The van der Waals surface area contributed by atoms with E-state index in [9.17, 15) is 4.79 Å². The van der Waals surface area contributed by atoms with Gasteiger partial charge in [0.15, 0.2) is 4.80 Å². The van der Waals surface area contributed by atoms with Gasteiger partial charge in [0.2, 0.25) is 5.91 Å². The summed E-state index contributed by atoms with van der Waals surface area (Å²) < 4.78 is 2.05. The Balaban J connectivity index is 1.91. The summed E-state index contributed by atoms with van der Waals surface area (Å²) in [5.74, 6) is -0.0862. The first-order valence-corrected chi connectivity index (χ1v) is 8.61. The number of hydrogen-bond acceptors (Lipinski definition) is 3. The van der Waals surface area contributed by atoms with Crippen LogP contribution in [0.2, 0.25) is 5.02 Å². The number of aromatic nitrogens is 1. The summed E-state index contributed by atoms with van der Waals surface area (Å²) in [5.41, 5.74) is 3.79. The third kappa shape index (κ3) is 3.75. The number of carbonyl (C=O) groups is 1. The van der Waals surface area contributed by atoms with Crippen LogP contribution < -0.4 is 10.1 Å². The number of hydrogen-bond donors (Lipinski definition) is 1. The standard InChI is InChI=1S/C18H16ClN3OS/c1-12(23)20-15-7-9-16(10-8-15)21-18-22(2)17(11-24-18)13-3-5-14(19)6-4-13/h3-11H,1-2H3,(H,20,23). The molecule has 0 radical (unpaired) electrons. The van der Waals surface area contributed by atoms with Gasteiger partial charge in [0.05, 0.1) is 11.4 Å². The maximum atomic E-state index is 11.0. The van der Waals surface area contributed by atoms with Crippen LogP contribution in [0, 0.1) is 0 Å². The van der Waals surface area contributed by atoms with Crippen LogP contribution in [0.25, 0.3) is 11.3 Å². The van der Waals surface area contributed by atoms with Crippen LogP contribution in [0.15, 0.2) is 58.9 Å². The first kappa shape index (κ1) is 16.5. The zero-order valence-electron chi connectivity index (χ0n) is 13.3. The predicted octanol–water partition coefficient (Wildman–Crippen LogP) is 4.60. The molecule has 0 fully saturated rings. The molecule has 24 heavy (non-hydrogen) atoms. The minimum atomic E-state index is -0.0862. The topological polar surface area (TPSA) is 46.4 Å². The van der Waals surface area contributed by atoms with Crippen LogP contribution in [-0.2, 0) is 11.8 Å². The maximum Gasteiger partial charge on any atom is 0.221 e. The van der Waals surface area contributed by atoms with E-state index in [-0.39, 0.29) is 5.91 Å². The zero-order chi connectivity index (χ0) is 17.1. The number of rotatable bonds is 3. The van der Waals surface area contributed by atoms with Crippen LogP contribution in [-0.4, -0.2) is 10.5 Å². The lowest BCUT2D eigenvalue weighted by molar-refractivity contribution is -0.114. The molecule has 1 aromatic heterocycles. The summed E-state index contributed by atoms with van der Waals surface area (Å²) in [6, 6.07) is 15.2. The predicted molar refractivity (Wildman–Crippen MR) is 99.7 cm³/mol. The minimum Gasteiger partial charge on any atom is -0.326 e. The maximum absolute atomic E-state index is 11.0. The van der Waals surface area contributed by atoms with Crippen molar-refractivity contribution in [3.63, 3.8) is 0 Å². The van der Waals surface area contributed by atoms with Crippen molar-refractivity contribution >= 4 is 40.2 Å². The summed E-state index contributed by atoms with van der Waals surface area (Å²) in [7, 11) is 1.99. The highest BCUT2D eigenvalue weighted by atomic mass is 35.5. The lowest BCUT2D eigenvalue weighted by Gasteiger charge is -2.03. The van der Waals surface area contributed by atoms with Gasteiger partial charge >= 0.3 is 0 Å². The molecule has 3 aromatic rings. The van der Waals surface area contributed by atoms with Crippen LogP contribution in [0.3, 0.4) is 0 Å². The van der Waals surface area contributed by atoms with Crippen molar-refractivity contribution in [1.82, 2.24) is 4.57 Å². The van der Waals surface area contributed by atoms with Gasteiger partial charge in [0.25, 0.3) is 0 Å². The second-order valence-electron chi connectivity index (χ2n) is 5.31. The van der Waals surface area contributed by atoms with Gasteiger partial charge in [0, 0.05) is 30.1 Å². The molecule has 6 heteroatoms. The number of nitrogens with zero attached hydrogens (tertiary/aromatic N) is 2. The van der Waals surface area contributed by atoms with E-state index in [1.54, 1.807) is 11.3 Å². The molecule has 2 aromatic carbocycles. The third-order valence-corrected chi connectivity index (χ3v) is 4.65. The SMILES string of the molecule is CC(=O)Nc1ccc(N=c2scc(-c3ccc(Cl)cc3)n2C)cc1. The third-order valence-electron chi connectivity index (χ3n) is 3.48. The number of amides is 1. The zero-order valence-corrected chi connectivity index (χ0v) is 14.9. The Morgan fingerprint density at radius 2 is 1.79 bits per heavy atom. The smallest absolute Gasteiger partial charge is 0.221 e. The monoisotopic (exact) mass is 357 g/mol. The summed E-state index contributed by atoms with van der Waals surface area (Å²) >= 11 is 7.53. The van der Waals surface area contributed by atoms with E-state index in [0.29, 0.717) is 0 Å². The van der Waals surface area contributed by atoms with E-state index in [0.717, 1.165) is 32.5 Å². The quantitative estimate of drug-likeness (QED) is 0.731. The van der Waals surface area contributed by atoms with E-state index >= 15 is 0 Å². The van der Waals surface area contributed by atoms with E-state index in [4.69, 9.17) is 11.6 Å². The van der Waals surface area contributed by atoms with Crippen LogP contribution in [0.1, 0.15) is 6.92 Å². The molecular weight excluding hydrogens is 342 g/mol. The van der Waals surface area contributed by atoms with Gasteiger partial charge in [-0.25, -0.2) is 4.99 Å². The molecule has 0 saturated heterocycles. The Hall–Kier alpha value is -2.37. The number of benzene rings is 2. The van der Waals surface area contributed by atoms with Crippen molar-refractivity contribution in [3.05, 3.63) is 63.7 Å². The largest absolute Gasteiger partial charge is 0.326 e. The van der Waals surface area contributed by atoms with E-state index in [1.807, 2.05) is 55.6 Å². The molecule has 0 unspecified atom stereocenters. The van der Waals surface area contributed by atoms with Gasteiger partial charge in [-0.3, -0.25) is 4.79 Å². The lowest BCUT2D eigenvalue weighted by atomic mass is 10.2. The Bertz CT molecular complexity index is 924. The fourth-order valence-corrected chi connectivity index (χ4v) is 3.34. The van der Waals surface area contributed by atoms with E-state index in [1.165, 1.54) is 6.92 Å². The van der Waals surface area contributed by atoms with Crippen molar-refractivity contribution in [3.8, 4) is 11.3 Å². The minimum absolute atomic E-state index is 0.0862. The lowest BCUT2D eigenvalue weighted by Crippen LogP contribution is -2.10. The normalized spacial score (nSPS) is 11.5. The number of thiazole rings is 1. The summed E-state index contributed by atoms with van der Waals surface area (Å²) in [6.07, 6.45) is 0. The molecule has 0 spiro atoms. The fourth-order valence-electron chi connectivity index (χ4n) is 2.29. The molecule has 1 amide bonds. The average molecular weight is 358 g/mol. The van der Waals surface area contributed by atoms with E-state index in [2.05, 4.69) is 20.3 Å². The van der Waals surface area contributed by atoms with Crippen LogP contribution in [0.4, 0.5) is 11.4 Å². The molecule has 3 rings (SSSR count). The molecule has 0 bridgehead atoms. The van der Waals surface area contributed by atoms with Crippen LogP contribution in [0.5, 0.6) is 0 Å². The molecule has 1 heterocycles. The van der Waals surface area contributed by atoms with Crippen molar-refractivity contribution in [1.29, 1.82) is 0 Å². The molecule has 0 atom stereocenters. The van der Waals surface area contributed by atoms with Crippen molar-refractivity contribution in [2.75, 3.05) is 5.32 Å². The molecule has 0 aliphatic rings.